The second-order valence-corrected chi connectivity index (χ2v) is 6.62. The zero-order valence-corrected chi connectivity index (χ0v) is 13.4. The largest absolute Gasteiger partial charge is 0.491 e. The summed E-state index contributed by atoms with van der Waals surface area (Å²) in [4.78, 5) is 0. The predicted molar refractivity (Wildman–Crippen MR) is 86.4 cm³/mol. The molecule has 0 N–H and O–H groups in total. The normalized spacial score (nSPS) is 25.3. The van der Waals surface area contributed by atoms with Gasteiger partial charge in [0.15, 0.2) is 0 Å². The van der Waals surface area contributed by atoms with Gasteiger partial charge in [0, 0.05) is 0 Å². The molecule has 0 saturated heterocycles. The fourth-order valence-electron chi connectivity index (χ4n) is 3.53. The van der Waals surface area contributed by atoms with Crippen molar-refractivity contribution in [2.45, 2.75) is 58.5 Å². The van der Waals surface area contributed by atoms with Crippen LogP contribution in [0.5, 0.6) is 5.75 Å². The number of benzene rings is 1. The Hall–Kier alpha value is -1.05. The van der Waals surface area contributed by atoms with Gasteiger partial charge in [-0.2, -0.15) is 0 Å². The third kappa shape index (κ3) is 5.33. The SMILES string of the molecule is CCC1CCC(C(C)CC(F)COc2ccccc2)CC1. The van der Waals surface area contributed by atoms with Crippen LogP contribution in [-0.4, -0.2) is 12.8 Å². The van der Waals surface area contributed by atoms with Crippen molar-refractivity contribution in [1.82, 2.24) is 0 Å². The monoisotopic (exact) mass is 292 g/mol. The summed E-state index contributed by atoms with van der Waals surface area (Å²) in [6.45, 7) is 4.68. The van der Waals surface area contributed by atoms with Crippen molar-refractivity contribution < 1.29 is 9.13 Å². The average molecular weight is 292 g/mol. The maximum absolute atomic E-state index is 14.1. The highest BCUT2D eigenvalue weighted by Gasteiger charge is 2.26. The first kappa shape index (κ1) is 16.3. The summed E-state index contributed by atoms with van der Waals surface area (Å²) in [5, 5.41) is 0. The van der Waals surface area contributed by atoms with Gasteiger partial charge < -0.3 is 4.74 Å². The van der Waals surface area contributed by atoms with Gasteiger partial charge in [0.1, 0.15) is 18.5 Å². The van der Waals surface area contributed by atoms with Crippen molar-refractivity contribution in [2.24, 2.45) is 17.8 Å². The Morgan fingerprint density at radius 1 is 1.14 bits per heavy atom. The van der Waals surface area contributed by atoms with Gasteiger partial charge >= 0.3 is 0 Å². The molecule has 2 rings (SSSR count). The third-order valence-electron chi connectivity index (χ3n) is 5.08. The molecule has 1 saturated carbocycles. The third-order valence-corrected chi connectivity index (χ3v) is 5.08. The van der Waals surface area contributed by atoms with Gasteiger partial charge in [0.25, 0.3) is 0 Å². The quantitative estimate of drug-likeness (QED) is 0.631. The van der Waals surface area contributed by atoms with Crippen molar-refractivity contribution in [2.75, 3.05) is 6.61 Å². The Labute approximate surface area is 128 Å². The predicted octanol–water partition coefficient (Wildman–Crippen LogP) is 5.65. The highest BCUT2D eigenvalue weighted by atomic mass is 19.1. The summed E-state index contributed by atoms with van der Waals surface area (Å²) in [6, 6.07) is 9.52. The molecule has 2 unspecified atom stereocenters. The van der Waals surface area contributed by atoms with E-state index < -0.39 is 6.17 Å². The minimum absolute atomic E-state index is 0.179. The number of hydrogen-bond donors (Lipinski definition) is 0. The molecule has 0 bridgehead atoms. The van der Waals surface area contributed by atoms with Crippen molar-refractivity contribution >= 4 is 0 Å². The van der Waals surface area contributed by atoms with Crippen molar-refractivity contribution in [1.29, 1.82) is 0 Å². The molecule has 1 nitrogen and oxygen atoms in total. The highest BCUT2D eigenvalue weighted by molar-refractivity contribution is 5.20. The first-order chi connectivity index (χ1) is 10.2. The maximum atomic E-state index is 14.1. The van der Waals surface area contributed by atoms with E-state index in [1.165, 1.54) is 32.1 Å². The van der Waals surface area contributed by atoms with Gasteiger partial charge in [-0.3, -0.25) is 0 Å². The van der Waals surface area contributed by atoms with Crippen LogP contribution in [0.15, 0.2) is 30.3 Å². The molecule has 0 spiro atoms. The first-order valence-electron chi connectivity index (χ1n) is 8.51. The lowest BCUT2D eigenvalue weighted by molar-refractivity contribution is 0.134. The van der Waals surface area contributed by atoms with Crippen LogP contribution in [0.1, 0.15) is 52.4 Å². The molecule has 1 fully saturated rings. The van der Waals surface area contributed by atoms with E-state index in [0.717, 1.165) is 11.7 Å². The van der Waals surface area contributed by atoms with E-state index in [2.05, 4.69) is 13.8 Å². The van der Waals surface area contributed by atoms with Gasteiger partial charge in [0.05, 0.1) is 0 Å². The fraction of sp³-hybridized carbons (Fsp3) is 0.684. The smallest absolute Gasteiger partial charge is 0.134 e. The van der Waals surface area contributed by atoms with E-state index in [4.69, 9.17) is 4.74 Å². The minimum atomic E-state index is -0.857. The molecule has 2 atom stereocenters. The van der Waals surface area contributed by atoms with Gasteiger partial charge in [-0.25, -0.2) is 4.39 Å². The Morgan fingerprint density at radius 2 is 1.81 bits per heavy atom. The molecule has 1 aromatic rings. The van der Waals surface area contributed by atoms with Crippen molar-refractivity contribution in [3.8, 4) is 5.75 Å². The number of hydrogen-bond acceptors (Lipinski definition) is 1. The van der Waals surface area contributed by atoms with Crippen LogP contribution in [0.3, 0.4) is 0 Å². The molecule has 0 radical (unpaired) electrons. The molecule has 1 aromatic carbocycles. The van der Waals surface area contributed by atoms with Gasteiger partial charge in [-0.15, -0.1) is 0 Å². The topological polar surface area (TPSA) is 9.23 Å². The lowest BCUT2D eigenvalue weighted by atomic mass is 9.74. The Balaban J connectivity index is 1.68. The van der Waals surface area contributed by atoms with Crippen molar-refractivity contribution in [3.63, 3.8) is 0 Å². The molecule has 0 aromatic heterocycles. The van der Waals surface area contributed by atoms with Gasteiger partial charge in [0.2, 0.25) is 0 Å². The lowest BCUT2D eigenvalue weighted by Crippen LogP contribution is -2.24. The second kappa shape index (κ2) is 8.41. The van der Waals surface area contributed by atoms with E-state index in [1.54, 1.807) is 0 Å². The minimum Gasteiger partial charge on any atom is -0.491 e. The molecule has 0 aliphatic heterocycles. The summed E-state index contributed by atoms with van der Waals surface area (Å²) in [5.41, 5.74) is 0. The summed E-state index contributed by atoms with van der Waals surface area (Å²) < 4.78 is 19.6. The fourth-order valence-corrected chi connectivity index (χ4v) is 3.53. The number of rotatable bonds is 7. The lowest BCUT2D eigenvalue weighted by Gasteiger charge is -2.32. The van der Waals surface area contributed by atoms with Crippen LogP contribution in [0.25, 0.3) is 0 Å². The highest BCUT2D eigenvalue weighted by Crippen LogP contribution is 2.36. The van der Waals surface area contributed by atoms with Crippen LogP contribution in [0, 0.1) is 17.8 Å². The Bertz CT molecular complexity index is 384. The van der Waals surface area contributed by atoms with E-state index in [1.807, 2.05) is 30.3 Å². The molecule has 2 heteroatoms. The van der Waals surface area contributed by atoms with Gasteiger partial charge in [-0.05, 0) is 49.1 Å². The van der Waals surface area contributed by atoms with Gasteiger partial charge in [-0.1, -0.05) is 51.3 Å². The summed E-state index contributed by atoms with van der Waals surface area (Å²) in [5.74, 6) is 2.85. The van der Waals surface area contributed by atoms with Crippen LogP contribution in [-0.2, 0) is 0 Å². The molecule has 1 aliphatic carbocycles. The summed E-state index contributed by atoms with van der Waals surface area (Å²) in [7, 11) is 0. The van der Waals surface area contributed by atoms with E-state index in [9.17, 15) is 4.39 Å². The average Bonchev–Trinajstić information content (AvgIpc) is 2.54. The van der Waals surface area contributed by atoms with Crippen LogP contribution in [0.4, 0.5) is 4.39 Å². The van der Waals surface area contributed by atoms with E-state index in [0.29, 0.717) is 18.3 Å². The number of para-hydroxylation sites is 1. The molecular weight excluding hydrogens is 263 g/mol. The van der Waals surface area contributed by atoms with Crippen LogP contribution >= 0.6 is 0 Å². The zero-order chi connectivity index (χ0) is 15.1. The Morgan fingerprint density at radius 3 is 2.43 bits per heavy atom. The van der Waals surface area contributed by atoms with E-state index in [-0.39, 0.29) is 6.61 Å². The molecular formula is C19H29FO. The maximum Gasteiger partial charge on any atom is 0.134 e. The van der Waals surface area contributed by atoms with Crippen LogP contribution in [0.2, 0.25) is 0 Å². The molecule has 0 heterocycles. The summed E-state index contributed by atoms with van der Waals surface area (Å²) >= 11 is 0. The Kier molecular flexibility index (Phi) is 6.53. The first-order valence-corrected chi connectivity index (χ1v) is 8.51. The molecule has 118 valence electrons. The number of ether oxygens (including phenoxy) is 1. The number of halogens is 1. The molecule has 21 heavy (non-hydrogen) atoms. The standard InChI is InChI=1S/C19H29FO/c1-3-16-9-11-17(12-10-16)15(2)13-18(20)14-21-19-7-5-4-6-8-19/h4-8,15-18H,3,9-14H2,1-2H3. The molecule has 0 amide bonds. The van der Waals surface area contributed by atoms with Crippen LogP contribution < -0.4 is 4.74 Å². The van der Waals surface area contributed by atoms with E-state index >= 15 is 0 Å². The van der Waals surface area contributed by atoms with Crippen molar-refractivity contribution in [3.05, 3.63) is 30.3 Å². The molecule has 1 aliphatic rings. The second-order valence-electron chi connectivity index (χ2n) is 6.62. The zero-order valence-electron chi connectivity index (χ0n) is 13.4. The number of alkyl halides is 1. The summed E-state index contributed by atoms with van der Waals surface area (Å²) in [6.07, 6.45) is 6.32.